The molecule has 1 aromatic rings. The van der Waals surface area contributed by atoms with Crippen LogP contribution in [0.25, 0.3) is 0 Å². The molecule has 1 fully saturated rings. The van der Waals surface area contributed by atoms with Crippen LogP contribution in [0.4, 0.5) is 17.1 Å². The van der Waals surface area contributed by atoms with Gasteiger partial charge in [0.05, 0.1) is 6.54 Å². The Morgan fingerprint density at radius 3 is 2.00 bits per heavy atom. The van der Waals surface area contributed by atoms with Gasteiger partial charge in [0.1, 0.15) is 5.75 Å². The molecule has 130 valence electrons. The van der Waals surface area contributed by atoms with Crippen LogP contribution in [0.3, 0.4) is 0 Å². The van der Waals surface area contributed by atoms with Gasteiger partial charge in [0.2, 0.25) is 0 Å². The number of rotatable bonds is 5. The minimum Gasteiger partial charge on any atom is -0.358 e. The topological polar surface area (TPSA) is 49.9 Å². The fourth-order valence-electron chi connectivity index (χ4n) is 2.38. The molecular formula is C13H16F4N2O3S. The van der Waals surface area contributed by atoms with Crippen LogP contribution in [0.5, 0.6) is 5.75 Å². The summed E-state index contributed by atoms with van der Waals surface area (Å²) in [5, 5.41) is 0. The van der Waals surface area contributed by atoms with E-state index in [0.29, 0.717) is 32.7 Å². The molecule has 0 unspecified atom stereocenters. The first-order valence-corrected chi connectivity index (χ1v) is 8.16. The molecule has 0 N–H and O–H groups in total. The standard InChI is InChI=1S/C13H16F4N2O3S/c14-13(15,16)10-19-7-5-18(6-8-19)9-11-1-3-12(4-2-11)22-23(17,20)21/h1-4H,5-10H2. The SMILES string of the molecule is O=S(=O)(F)Oc1ccc(CN2CCN(CC(F)(F)F)CC2)cc1. The smallest absolute Gasteiger partial charge is 0.358 e. The van der Waals surface area contributed by atoms with Crippen molar-refractivity contribution in [3.8, 4) is 5.75 Å². The Morgan fingerprint density at radius 1 is 1.00 bits per heavy atom. The van der Waals surface area contributed by atoms with Crippen molar-refractivity contribution >= 4 is 10.5 Å². The largest absolute Gasteiger partial charge is 0.488 e. The first-order valence-electron chi connectivity index (χ1n) is 6.85. The van der Waals surface area contributed by atoms with Crippen molar-refractivity contribution in [1.29, 1.82) is 0 Å². The highest BCUT2D eigenvalue weighted by Gasteiger charge is 2.32. The molecule has 1 aliphatic heterocycles. The highest BCUT2D eigenvalue weighted by atomic mass is 32.3. The molecule has 10 heteroatoms. The molecule has 23 heavy (non-hydrogen) atoms. The molecule has 0 spiro atoms. The zero-order chi connectivity index (χ0) is 17.1. The van der Waals surface area contributed by atoms with Crippen LogP contribution in [0.15, 0.2) is 24.3 Å². The summed E-state index contributed by atoms with van der Waals surface area (Å²) in [4.78, 5) is 3.36. The van der Waals surface area contributed by atoms with Crippen LogP contribution in [-0.4, -0.2) is 57.1 Å². The first-order chi connectivity index (χ1) is 10.6. The number of piperazine rings is 1. The van der Waals surface area contributed by atoms with Crippen molar-refractivity contribution in [2.24, 2.45) is 0 Å². The van der Waals surface area contributed by atoms with E-state index in [0.717, 1.165) is 5.56 Å². The monoisotopic (exact) mass is 356 g/mol. The predicted molar refractivity (Wildman–Crippen MR) is 74.9 cm³/mol. The van der Waals surface area contributed by atoms with Gasteiger partial charge in [0.25, 0.3) is 0 Å². The van der Waals surface area contributed by atoms with Gasteiger partial charge in [-0.3, -0.25) is 9.80 Å². The van der Waals surface area contributed by atoms with Gasteiger partial charge in [-0.15, -0.1) is 0 Å². The van der Waals surface area contributed by atoms with Crippen molar-refractivity contribution in [2.45, 2.75) is 12.7 Å². The Hall–Kier alpha value is -1.39. The lowest BCUT2D eigenvalue weighted by atomic mass is 10.2. The summed E-state index contributed by atoms with van der Waals surface area (Å²) in [6.45, 7) is 1.30. The molecule has 1 aromatic carbocycles. The Bertz CT molecular complexity index is 611. The Balaban J connectivity index is 1.82. The molecule has 0 saturated carbocycles. The zero-order valence-corrected chi connectivity index (χ0v) is 12.9. The predicted octanol–water partition coefficient (Wildman–Crippen LogP) is 1.96. The molecule has 5 nitrogen and oxygen atoms in total. The van der Waals surface area contributed by atoms with Crippen molar-refractivity contribution in [2.75, 3.05) is 32.7 Å². The number of benzene rings is 1. The van der Waals surface area contributed by atoms with Crippen molar-refractivity contribution in [3.05, 3.63) is 29.8 Å². The van der Waals surface area contributed by atoms with Crippen LogP contribution >= 0.6 is 0 Å². The Morgan fingerprint density at radius 2 is 1.52 bits per heavy atom. The highest BCUT2D eigenvalue weighted by Crippen LogP contribution is 2.19. The van der Waals surface area contributed by atoms with Crippen molar-refractivity contribution in [3.63, 3.8) is 0 Å². The summed E-state index contributed by atoms with van der Waals surface area (Å²) in [6.07, 6.45) is -4.19. The third-order valence-corrected chi connectivity index (χ3v) is 3.78. The molecular weight excluding hydrogens is 340 g/mol. The number of hydrogen-bond acceptors (Lipinski definition) is 5. The van der Waals surface area contributed by atoms with E-state index in [4.69, 9.17) is 0 Å². The molecule has 0 aliphatic carbocycles. The third kappa shape index (κ3) is 6.71. The van der Waals surface area contributed by atoms with Gasteiger partial charge < -0.3 is 4.18 Å². The number of alkyl halides is 3. The molecule has 2 rings (SSSR count). The zero-order valence-electron chi connectivity index (χ0n) is 12.1. The van der Waals surface area contributed by atoms with Gasteiger partial charge in [-0.1, -0.05) is 16.0 Å². The summed E-state index contributed by atoms with van der Waals surface area (Å²) < 4.78 is 74.1. The van der Waals surface area contributed by atoms with Crippen LogP contribution in [0.1, 0.15) is 5.56 Å². The fraction of sp³-hybridized carbons (Fsp3) is 0.538. The number of nitrogens with zero attached hydrogens (tertiary/aromatic N) is 2. The molecule has 0 bridgehead atoms. The summed E-state index contributed by atoms with van der Waals surface area (Å²) >= 11 is 0. The minimum absolute atomic E-state index is 0.133. The molecule has 0 radical (unpaired) electrons. The van der Waals surface area contributed by atoms with E-state index in [2.05, 4.69) is 4.18 Å². The summed E-state index contributed by atoms with van der Waals surface area (Å²) in [5.41, 5.74) is 0.831. The quantitative estimate of drug-likeness (QED) is 0.596. The van der Waals surface area contributed by atoms with Crippen molar-refractivity contribution < 1.29 is 29.7 Å². The second-order valence-electron chi connectivity index (χ2n) is 5.29. The van der Waals surface area contributed by atoms with Gasteiger partial charge in [0.15, 0.2) is 0 Å². The fourth-order valence-corrected chi connectivity index (χ4v) is 2.72. The lowest BCUT2D eigenvalue weighted by Gasteiger charge is -2.35. The second kappa shape index (κ2) is 7.02. The van der Waals surface area contributed by atoms with Crippen LogP contribution in [0, 0.1) is 0 Å². The van der Waals surface area contributed by atoms with E-state index in [-0.39, 0.29) is 5.75 Å². The molecule has 1 heterocycles. The first kappa shape index (κ1) is 18.0. The van der Waals surface area contributed by atoms with E-state index in [1.165, 1.54) is 17.0 Å². The Kier molecular flexibility index (Phi) is 5.48. The summed E-state index contributed by atoms with van der Waals surface area (Å²) in [7, 11) is -5.05. The Labute approximate surface area is 131 Å². The third-order valence-electron chi connectivity index (χ3n) is 3.39. The van der Waals surface area contributed by atoms with Crippen LogP contribution in [-0.2, 0) is 17.0 Å². The molecule has 0 amide bonds. The molecule has 1 saturated heterocycles. The second-order valence-corrected chi connectivity index (χ2v) is 6.24. The van der Waals surface area contributed by atoms with Crippen LogP contribution in [0.2, 0.25) is 0 Å². The van der Waals surface area contributed by atoms with E-state index < -0.39 is 23.2 Å². The number of hydrogen-bond donors (Lipinski definition) is 0. The van der Waals surface area contributed by atoms with E-state index in [1.807, 2.05) is 4.90 Å². The van der Waals surface area contributed by atoms with Gasteiger partial charge >= 0.3 is 16.7 Å². The maximum Gasteiger partial charge on any atom is 0.488 e. The van der Waals surface area contributed by atoms with E-state index >= 15 is 0 Å². The minimum atomic E-state index is -5.05. The van der Waals surface area contributed by atoms with Gasteiger partial charge in [-0.05, 0) is 17.7 Å². The maximum atomic E-state index is 12.4. The van der Waals surface area contributed by atoms with Gasteiger partial charge in [-0.25, -0.2) is 0 Å². The van der Waals surface area contributed by atoms with Gasteiger partial charge in [0, 0.05) is 32.7 Å². The average molecular weight is 356 g/mol. The van der Waals surface area contributed by atoms with Gasteiger partial charge in [-0.2, -0.15) is 21.6 Å². The van der Waals surface area contributed by atoms with E-state index in [9.17, 15) is 25.5 Å². The summed E-state index contributed by atoms with van der Waals surface area (Å²) in [5.74, 6) is -0.133. The molecule has 1 aliphatic rings. The maximum absolute atomic E-state index is 12.4. The lowest BCUT2D eigenvalue weighted by molar-refractivity contribution is -0.149. The average Bonchev–Trinajstić information content (AvgIpc) is 2.40. The molecule has 0 aromatic heterocycles. The van der Waals surface area contributed by atoms with Crippen LogP contribution < -0.4 is 4.18 Å². The summed E-state index contributed by atoms with van der Waals surface area (Å²) in [6, 6.07) is 5.82. The normalized spacial score (nSPS) is 18.1. The molecule has 0 atom stereocenters. The van der Waals surface area contributed by atoms with E-state index in [1.54, 1.807) is 12.1 Å². The number of halogens is 4. The highest BCUT2D eigenvalue weighted by molar-refractivity contribution is 7.81. The lowest BCUT2D eigenvalue weighted by Crippen LogP contribution is -2.48. The van der Waals surface area contributed by atoms with Crippen molar-refractivity contribution in [1.82, 2.24) is 9.80 Å².